The Morgan fingerprint density at radius 1 is 1.12 bits per heavy atom. The van der Waals surface area contributed by atoms with Crippen molar-refractivity contribution in [2.75, 3.05) is 32.8 Å². The maximum atomic E-state index is 12.3. The van der Waals surface area contributed by atoms with E-state index in [4.69, 9.17) is 4.74 Å². The van der Waals surface area contributed by atoms with Crippen molar-refractivity contribution in [2.45, 2.75) is 19.8 Å². The van der Waals surface area contributed by atoms with Gasteiger partial charge in [-0.2, -0.15) is 0 Å². The van der Waals surface area contributed by atoms with Gasteiger partial charge in [-0.05, 0) is 43.0 Å². The van der Waals surface area contributed by atoms with E-state index in [0.717, 1.165) is 31.9 Å². The third kappa shape index (κ3) is 4.28. The SMILES string of the molecule is CCOc1ccc(C(=O)CCC(=O)N2C[C@H]3CNC[C@H]3C2)cc1.Cl. The van der Waals surface area contributed by atoms with Crippen LogP contribution in [-0.4, -0.2) is 49.4 Å². The van der Waals surface area contributed by atoms with Crippen molar-refractivity contribution in [3.63, 3.8) is 0 Å². The standard InChI is InChI=1S/C18H24N2O3.ClH/c1-2-23-16-5-3-13(4-6-16)17(21)7-8-18(22)20-11-14-9-19-10-15(14)12-20;/h3-6,14-15,19H,2,7-12H2,1H3;1H/t14-,15+;. The Hall–Kier alpha value is -1.59. The zero-order chi connectivity index (χ0) is 16.2. The normalized spacial score (nSPS) is 22.0. The number of likely N-dealkylation sites (tertiary alicyclic amines) is 1. The predicted octanol–water partition coefficient (Wildman–Crippen LogP) is 2.15. The second-order valence-corrected chi connectivity index (χ2v) is 6.36. The highest BCUT2D eigenvalue weighted by Crippen LogP contribution is 2.26. The molecule has 0 spiro atoms. The average molecular weight is 353 g/mol. The van der Waals surface area contributed by atoms with Gasteiger partial charge >= 0.3 is 0 Å². The first-order chi connectivity index (χ1) is 11.2. The fraction of sp³-hybridized carbons (Fsp3) is 0.556. The molecule has 0 bridgehead atoms. The molecule has 0 aromatic heterocycles. The molecule has 2 fully saturated rings. The minimum absolute atomic E-state index is 0. The number of rotatable bonds is 6. The number of ether oxygens (including phenoxy) is 1. The molecule has 3 rings (SSSR count). The van der Waals surface area contributed by atoms with Crippen LogP contribution in [0, 0.1) is 11.8 Å². The summed E-state index contributed by atoms with van der Waals surface area (Å²) in [4.78, 5) is 26.4. The lowest BCUT2D eigenvalue weighted by Crippen LogP contribution is -2.32. The van der Waals surface area contributed by atoms with Crippen LogP contribution in [0.4, 0.5) is 0 Å². The van der Waals surface area contributed by atoms with Gasteiger partial charge < -0.3 is 15.0 Å². The molecule has 6 heteroatoms. The first-order valence-corrected chi connectivity index (χ1v) is 8.42. The quantitative estimate of drug-likeness (QED) is 0.797. The molecule has 2 aliphatic rings. The second kappa shape index (κ2) is 8.49. The smallest absolute Gasteiger partial charge is 0.223 e. The van der Waals surface area contributed by atoms with Gasteiger partial charge in [0.15, 0.2) is 5.78 Å². The number of hydrogen-bond acceptors (Lipinski definition) is 4. The monoisotopic (exact) mass is 352 g/mol. The number of nitrogens with one attached hydrogen (secondary N) is 1. The zero-order valence-electron chi connectivity index (χ0n) is 14.0. The predicted molar refractivity (Wildman–Crippen MR) is 94.9 cm³/mol. The van der Waals surface area contributed by atoms with Gasteiger partial charge in [-0.1, -0.05) is 0 Å². The summed E-state index contributed by atoms with van der Waals surface area (Å²) in [6.45, 7) is 6.24. The Morgan fingerprint density at radius 2 is 1.75 bits per heavy atom. The number of ketones is 1. The lowest BCUT2D eigenvalue weighted by Gasteiger charge is -2.17. The van der Waals surface area contributed by atoms with E-state index in [1.54, 1.807) is 24.3 Å². The van der Waals surface area contributed by atoms with Gasteiger partial charge in [0.2, 0.25) is 5.91 Å². The van der Waals surface area contributed by atoms with Crippen molar-refractivity contribution in [3.05, 3.63) is 29.8 Å². The van der Waals surface area contributed by atoms with E-state index in [2.05, 4.69) is 5.32 Å². The van der Waals surface area contributed by atoms with Gasteiger partial charge in [-0.25, -0.2) is 0 Å². The lowest BCUT2D eigenvalue weighted by atomic mass is 10.0. The summed E-state index contributed by atoms with van der Waals surface area (Å²) in [6.07, 6.45) is 0.579. The number of carbonyl (C=O) groups excluding carboxylic acids is 2. The highest BCUT2D eigenvalue weighted by atomic mass is 35.5. The van der Waals surface area contributed by atoms with Crippen LogP contribution in [0.1, 0.15) is 30.1 Å². The Labute approximate surface area is 149 Å². The van der Waals surface area contributed by atoms with Crippen molar-refractivity contribution in [2.24, 2.45) is 11.8 Å². The van der Waals surface area contributed by atoms with Crippen LogP contribution in [0.25, 0.3) is 0 Å². The Kier molecular flexibility index (Phi) is 6.63. The van der Waals surface area contributed by atoms with Gasteiger partial charge in [0, 0.05) is 44.6 Å². The van der Waals surface area contributed by atoms with E-state index in [1.807, 2.05) is 11.8 Å². The minimum Gasteiger partial charge on any atom is -0.494 e. The van der Waals surface area contributed by atoms with E-state index in [-0.39, 0.29) is 30.5 Å². The molecular formula is C18H25ClN2O3. The molecule has 0 saturated carbocycles. The topological polar surface area (TPSA) is 58.6 Å². The van der Waals surface area contributed by atoms with E-state index in [0.29, 0.717) is 30.4 Å². The van der Waals surface area contributed by atoms with Crippen LogP contribution < -0.4 is 10.1 Å². The van der Waals surface area contributed by atoms with Crippen LogP contribution >= 0.6 is 12.4 Å². The number of fused-ring (bicyclic) bond motifs is 1. The number of carbonyl (C=O) groups is 2. The first kappa shape index (κ1) is 18.7. The van der Waals surface area contributed by atoms with E-state index in [1.165, 1.54) is 0 Å². The third-order valence-corrected chi connectivity index (χ3v) is 4.80. The van der Waals surface area contributed by atoms with Crippen LogP contribution in [0.2, 0.25) is 0 Å². The summed E-state index contributed by atoms with van der Waals surface area (Å²) in [7, 11) is 0. The minimum atomic E-state index is 0. The number of nitrogens with zero attached hydrogens (tertiary/aromatic N) is 1. The summed E-state index contributed by atoms with van der Waals surface area (Å²) in [6, 6.07) is 7.13. The Bertz CT molecular complexity index is 564. The molecule has 24 heavy (non-hydrogen) atoms. The summed E-state index contributed by atoms with van der Waals surface area (Å²) in [5.41, 5.74) is 0.642. The fourth-order valence-electron chi connectivity index (χ4n) is 3.49. The van der Waals surface area contributed by atoms with Crippen molar-refractivity contribution in [1.29, 1.82) is 0 Å². The maximum Gasteiger partial charge on any atom is 0.223 e. The Balaban J connectivity index is 0.00000208. The molecule has 2 saturated heterocycles. The van der Waals surface area contributed by atoms with Gasteiger partial charge in [-0.15, -0.1) is 12.4 Å². The van der Waals surface area contributed by atoms with Crippen LogP contribution in [0.15, 0.2) is 24.3 Å². The molecule has 1 amide bonds. The maximum absolute atomic E-state index is 12.3. The molecule has 5 nitrogen and oxygen atoms in total. The van der Waals surface area contributed by atoms with Gasteiger partial charge in [0.1, 0.15) is 5.75 Å². The van der Waals surface area contributed by atoms with Crippen molar-refractivity contribution in [1.82, 2.24) is 10.2 Å². The molecule has 1 N–H and O–H groups in total. The molecule has 1 aromatic rings. The average Bonchev–Trinajstić information content (AvgIpc) is 3.15. The van der Waals surface area contributed by atoms with Crippen molar-refractivity contribution >= 4 is 24.1 Å². The molecule has 0 radical (unpaired) electrons. The summed E-state index contributed by atoms with van der Waals surface area (Å²) in [5, 5.41) is 3.37. The molecule has 2 atom stereocenters. The Morgan fingerprint density at radius 3 is 2.33 bits per heavy atom. The van der Waals surface area contributed by atoms with Crippen LogP contribution in [-0.2, 0) is 4.79 Å². The molecule has 1 aromatic carbocycles. The zero-order valence-corrected chi connectivity index (χ0v) is 14.8. The van der Waals surface area contributed by atoms with Gasteiger partial charge in [0.05, 0.1) is 6.61 Å². The summed E-state index contributed by atoms with van der Waals surface area (Å²) in [5.74, 6) is 2.08. The molecule has 2 heterocycles. The first-order valence-electron chi connectivity index (χ1n) is 8.42. The number of hydrogen-bond donors (Lipinski definition) is 1. The molecule has 132 valence electrons. The lowest BCUT2D eigenvalue weighted by molar-refractivity contribution is -0.130. The van der Waals surface area contributed by atoms with E-state index >= 15 is 0 Å². The van der Waals surface area contributed by atoms with Gasteiger partial charge in [0.25, 0.3) is 0 Å². The van der Waals surface area contributed by atoms with E-state index < -0.39 is 0 Å². The molecule has 0 unspecified atom stereocenters. The van der Waals surface area contributed by atoms with Crippen molar-refractivity contribution in [3.8, 4) is 5.75 Å². The summed E-state index contributed by atoms with van der Waals surface area (Å²) < 4.78 is 5.37. The highest BCUT2D eigenvalue weighted by molar-refractivity contribution is 5.98. The van der Waals surface area contributed by atoms with Gasteiger partial charge in [-0.3, -0.25) is 9.59 Å². The highest BCUT2D eigenvalue weighted by Gasteiger charge is 2.37. The van der Waals surface area contributed by atoms with E-state index in [9.17, 15) is 9.59 Å². The molecule has 2 aliphatic heterocycles. The number of Topliss-reactive ketones (excluding diaryl/α,β-unsaturated/α-hetero) is 1. The fourth-order valence-corrected chi connectivity index (χ4v) is 3.49. The number of benzene rings is 1. The second-order valence-electron chi connectivity index (χ2n) is 6.36. The van der Waals surface area contributed by atoms with Crippen LogP contribution in [0.3, 0.4) is 0 Å². The molecular weight excluding hydrogens is 328 g/mol. The largest absolute Gasteiger partial charge is 0.494 e. The van der Waals surface area contributed by atoms with Crippen LogP contribution in [0.5, 0.6) is 5.75 Å². The third-order valence-electron chi connectivity index (χ3n) is 4.80. The van der Waals surface area contributed by atoms with Crippen molar-refractivity contribution < 1.29 is 14.3 Å². The number of halogens is 1. The number of amides is 1. The summed E-state index contributed by atoms with van der Waals surface area (Å²) >= 11 is 0. The molecule has 0 aliphatic carbocycles.